The van der Waals surface area contributed by atoms with Gasteiger partial charge < -0.3 is 5.11 Å². The lowest BCUT2D eigenvalue weighted by atomic mass is 10.2. The van der Waals surface area contributed by atoms with Crippen LogP contribution in [0.4, 0.5) is 0 Å². The second kappa shape index (κ2) is 5.98. The first-order valence-electron chi connectivity index (χ1n) is 6.01. The number of aromatic nitrogens is 2. The van der Waals surface area contributed by atoms with Crippen molar-refractivity contribution in [3.8, 4) is 0 Å². The van der Waals surface area contributed by atoms with Crippen molar-refractivity contribution in [2.24, 2.45) is 0 Å². The maximum atomic E-state index is 12.0. The van der Waals surface area contributed by atoms with Crippen LogP contribution in [0.25, 0.3) is 0 Å². The molecule has 0 saturated carbocycles. The van der Waals surface area contributed by atoms with E-state index < -0.39 is 16.0 Å². The molecule has 0 aliphatic rings. The fraction of sp³-hybridized carbons (Fsp3) is 0.154. The van der Waals surface area contributed by atoms with Gasteiger partial charge in [0, 0.05) is 0 Å². The number of nitrogens with zero attached hydrogens (tertiary/aromatic N) is 2. The van der Waals surface area contributed by atoms with E-state index in [9.17, 15) is 13.2 Å². The van der Waals surface area contributed by atoms with Gasteiger partial charge in [-0.25, -0.2) is 17.9 Å². The minimum Gasteiger partial charge on any atom is -0.478 e. The largest absolute Gasteiger partial charge is 0.478 e. The maximum absolute atomic E-state index is 12.0. The lowest BCUT2D eigenvalue weighted by molar-refractivity contribution is 0.0696. The molecule has 8 heteroatoms. The summed E-state index contributed by atoms with van der Waals surface area (Å²) in [6.45, 7) is 1.79. The summed E-state index contributed by atoms with van der Waals surface area (Å²) in [6, 6.07) is 8.38. The number of nitrogens with one attached hydrogen (secondary N) is 1. The van der Waals surface area contributed by atoms with Crippen molar-refractivity contribution in [2.45, 2.75) is 18.4 Å². The average molecular weight is 307 g/mol. The van der Waals surface area contributed by atoms with E-state index in [2.05, 4.69) is 14.9 Å². The van der Waals surface area contributed by atoms with Crippen LogP contribution in [0.5, 0.6) is 0 Å². The Kier molecular flexibility index (Phi) is 4.29. The topological polar surface area (TPSA) is 109 Å². The molecule has 0 radical (unpaired) electrons. The molecule has 0 saturated heterocycles. The highest BCUT2D eigenvalue weighted by atomic mass is 32.2. The fourth-order valence-electron chi connectivity index (χ4n) is 1.55. The number of aryl methyl sites for hydroxylation is 1. The van der Waals surface area contributed by atoms with E-state index in [4.69, 9.17) is 5.11 Å². The molecule has 0 spiro atoms. The van der Waals surface area contributed by atoms with E-state index in [1.807, 2.05) is 0 Å². The normalized spacial score (nSPS) is 11.3. The van der Waals surface area contributed by atoms with Gasteiger partial charge in [0.2, 0.25) is 10.0 Å². The molecule has 0 unspecified atom stereocenters. The highest BCUT2D eigenvalue weighted by molar-refractivity contribution is 7.89. The summed E-state index contributed by atoms with van der Waals surface area (Å²) in [5.74, 6) is -1.11. The van der Waals surface area contributed by atoms with Gasteiger partial charge in [-0.3, -0.25) is 0 Å². The van der Waals surface area contributed by atoms with Crippen molar-refractivity contribution < 1.29 is 18.3 Å². The Hall–Kier alpha value is -2.32. The first kappa shape index (κ1) is 15.1. The molecule has 7 nitrogen and oxygen atoms in total. The Balaban J connectivity index is 2.11. The standard InChI is InChI=1S/C13H13N3O4S/c1-9-2-5-11(16-15-9)8-14-21(19,20)12-6-3-10(4-7-12)13(17)18/h2-7,14H,8H2,1H3,(H,17,18). The monoisotopic (exact) mass is 307 g/mol. The van der Waals surface area contributed by atoms with Gasteiger partial charge in [-0.2, -0.15) is 10.2 Å². The Morgan fingerprint density at radius 1 is 1.14 bits per heavy atom. The summed E-state index contributed by atoms with van der Waals surface area (Å²) < 4.78 is 26.5. The number of hydrogen-bond donors (Lipinski definition) is 2. The lowest BCUT2D eigenvalue weighted by Crippen LogP contribution is -2.24. The highest BCUT2D eigenvalue weighted by Gasteiger charge is 2.14. The van der Waals surface area contributed by atoms with Crippen LogP contribution in [0.15, 0.2) is 41.3 Å². The summed E-state index contributed by atoms with van der Waals surface area (Å²) in [5, 5.41) is 16.5. The first-order valence-corrected chi connectivity index (χ1v) is 7.49. The predicted molar refractivity (Wildman–Crippen MR) is 74.2 cm³/mol. The number of carbonyl (C=O) groups is 1. The Morgan fingerprint density at radius 2 is 1.81 bits per heavy atom. The van der Waals surface area contributed by atoms with Crippen LogP contribution in [0.1, 0.15) is 21.7 Å². The van der Waals surface area contributed by atoms with Crippen LogP contribution >= 0.6 is 0 Å². The van der Waals surface area contributed by atoms with E-state index in [0.717, 1.165) is 5.69 Å². The smallest absolute Gasteiger partial charge is 0.335 e. The second-order valence-electron chi connectivity index (χ2n) is 4.32. The fourth-order valence-corrected chi connectivity index (χ4v) is 2.55. The first-order chi connectivity index (χ1) is 9.88. The zero-order chi connectivity index (χ0) is 15.5. The summed E-state index contributed by atoms with van der Waals surface area (Å²) in [7, 11) is -3.72. The number of hydrogen-bond acceptors (Lipinski definition) is 5. The van der Waals surface area contributed by atoms with E-state index in [1.165, 1.54) is 24.3 Å². The third-order valence-corrected chi connectivity index (χ3v) is 4.13. The van der Waals surface area contributed by atoms with Gasteiger partial charge in [-0.1, -0.05) is 0 Å². The third-order valence-electron chi connectivity index (χ3n) is 2.71. The number of benzene rings is 1. The summed E-state index contributed by atoms with van der Waals surface area (Å²) in [4.78, 5) is 10.7. The van der Waals surface area contributed by atoms with Gasteiger partial charge >= 0.3 is 5.97 Å². The number of carboxylic acids is 1. The van der Waals surface area contributed by atoms with Crippen LogP contribution in [0.3, 0.4) is 0 Å². The molecular formula is C13H13N3O4S. The van der Waals surface area contributed by atoms with Gasteiger partial charge in [0.15, 0.2) is 0 Å². The SMILES string of the molecule is Cc1ccc(CNS(=O)(=O)c2ccc(C(=O)O)cc2)nn1. The molecule has 1 aromatic heterocycles. The molecule has 110 valence electrons. The number of rotatable bonds is 5. The van der Waals surface area contributed by atoms with E-state index >= 15 is 0 Å². The van der Waals surface area contributed by atoms with Crippen molar-refractivity contribution in [3.05, 3.63) is 53.3 Å². The molecule has 0 bridgehead atoms. The van der Waals surface area contributed by atoms with E-state index in [0.29, 0.717) is 5.69 Å². The molecule has 0 amide bonds. The molecule has 0 fully saturated rings. The zero-order valence-corrected chi connectivity index (χ0v) is 12.0. The molecule has 2 N–H and O–H groups in total. The minimum atomic E-state index is -3.72. The molecule has 1 aromatic carbocycles. The third kappa shape index (κ3) is 3.83. The van der Waals surface area contributed by atoms with Crippen LogP contribution in [0.2, 0.25) is 0 Å². The quantitative estimate of drug-likeness (QED) is 0.851. The highest BCUT2D eigenvalue weighted by Crippen LogP contribution is 2.11. The van der Waals surface area contributed by atoms with Crippen molar-refractivity contribution in [3.63, 3.8) is 0 Å². The van der Waals surface area contributed by atoms with E-state index in [1.54, 1.807) is 19.1 Å². The minimum absolute atomic E-state index is 0.00688. The predicted octanol–water partition coefficient (Wildman–Crippen LogP) is 0.962. The molecule has 0 aliphatic carbocycles. The molecule has 2 aromatic rings. The average Bonchev–Trinajstić information content (AvgIpc) is 2.47. The molecule has 2 rings (SSSR count). The molecule has 0 aliphatic heterocycles. The molecule has 0 atom stereocenters. The van der Waals surface area contributed by atoms with Crippen LogP contribution < -0.4 is 4.72 Å². The lowest BCUT2D eigenvalue weighted by Gasteiger charge is -2.06. The molecule has 1 heterocycles. The number of carboxylic acid groups (broad SMARTS) is 1. The Morgan fingerprint density at radius 3 is 2.33 bits per heavy atom. The van der Waals surface area contributed by atoms with Crippen molar-refractivity contribution in [1.82, 2.24) is 14.9 Å². The van der Waals surface area contributed by atoms with Gasteiger partial charge in [0.05, 0.1) is 28.4 Å². The zero-order valence-electron chi connectivity index (χ0n) is 11.1. The van der Waals surface area contributed by atoms with E-state index in [-0.39, 0.29) is 17.0 Å². The summed E-state index contributed by atoms with van der Waals surface area (Å²) in [5.41, 5.74) is 1.26. The van der Waals surface area contributed by atoms with Crippen molar-refractivity contribution in [1.29, 1.82) is 0 Å². The van der Waals surface area contributed by atoms with Gasteiger partial charge in [-0.05, 0) is 43.3 Å². The maximum Gasteiger partial charge on any atom is 0.335 e. The Labute approximate surface area is 121 Å². The van der Waals surface area contributed by atoms with Crippen LogP contribution in [0, 0.1) is 6.92 Å². The van der Waals surface area contributed by atoms with Gasteiger partial charge in [-0.15, -0.1) is 0 Å². The summed E-state index contributed by atoms with van der Waals surface area (Å²) >= 11 is 0. The van der Waals surface area contributed by atoms with Crippen molar-refractivity contribution >= 4 is 16.0 Å². The van der Waals surface area contributed by atoms with Crippen molar-refractivity contribution in [2.75, 3.05) is 0 Å². The Bertz CT molecular complexity index is 740. The van der Waals surface area contributed by atoms with Crippen LogP contribution in [-0.2, 0) is 16.6 Å². The molecular weight excluding hydrogens is 294 g/mol. The molecule has 21 heavy (non-hydrogen) atoms. The second-order valence-corrected chi connectivity index (χ2v) is 6.09. The van der Waals surface area contributed by atoms with Gasteiger partial charge in [0.1, 0.15) is 0 Å². The van der Waals surface area contributed by atoms with Gasteiger partial charge in [0.25, 0.3) is 0 Å². The van der Waals surface area contributed by atoms with Crippen LogP contribution in [-0.4, -0.2) is 29.7 Å². The number of sulfonamides is 1. The number of aromatic carboxylic acids is 1. The summed E-state index contributed by atoms with van der Waals surface area (Å²) in [6.07, 6.45) is 0.